The van der Waals surface area contributed by atoms with Gasteiger partial charge in [0.25, 0.3) is 5.91 Å². The minimum absolute atomic E-state index is 0.0770. The second kappa shape index (κ2) is 11.3. The van der Waals surface area contributed by atoms with E-state index in [-0.39, 0.29) is 30.3 Å². The van der Waals surface area contributed by atoms with E-state index in [1.165, 1.54) is 6.92 Å². The van der Waals surface area contributed by atoms with Crippen LogP contribution in [0.3, 0.4) is 0 Å². The molecule has 7 nitrogen and oxygen atoms in total. The van der Waals surface area contributed by atoms with Crippen LogP contribution in [0.4, 0.5) is 11.4 Å². The van der Waals surface area contributed by atoms with Gasteiger partial charge in [0, 0.05) is 29.9 Å². The lowest BCUT2D eigenvalue weighted by atomic mass is 9.89. The number of carboxylic acids is 1. The number of benzene rings is 3. The van der Waals surface area contributed by atoms with Crippen LogP contribution in [0.1, 0.15) is 61.1 Å². The smallest absolute Gasteiger partial charge is 0.307 e. The number of para-hydroxylation sites is 1. The van der Waals surface area contributed by atoms with Crippen molar-refractivity contribution in [2.24, 2.45) is 0 Å². The van der Waals surface area contributed by atoms with Crippen molar-refractivity contribution in [3.63, 3.8) is 0 Å². The fraction of sp³-hybridized carbons (Fsp3) is 0.300. The molecular formula is C30H32N2O5. The highest BCUT2D eigenvalue weighted by Gasteiger charge is 2.38. The summed E-state index contributed by atoms with van der Waals surface area (Å²) in [5.74, 6) is -0.399. The number of anilines is 2. The number of hydrogen-bond acceptors (Lipinski definition) is 4. The molecule has 1 N–H and O–H groups in total. The SMILES string of the molecule is CCCOc1ccc(C(=O)N2c3ccccc3C(N(C(C)=O)c3ccc(CC(=O)O)cc3)CC2C)cc1. The fourth-order valence-electron chi connectivity index (χ4n) is 4.92. The Kier molecular flexibility index (Phi) is 7.92. The maximum absolute atomic E-state index is 13.7. The topological polar surface area (TPSA) is 87.2 Å². The Balaban J connectivity index is 1.66. The summed E-state index contributed by atoms with van der Waals surface area (Å²) in [5, 5.41) is 9.07. The molecule has 0 bridgehead atoms. The van der Waals surface area contributed by atoms with Crippen LogP contribution >= 0.6 is 0 Å². The van der Waals surface area contributed by atoms with Crippen molar-refractivity contribution in [1.82, 2.24) is 0 Å². The number of fused-ring (bicyclic) bond motifs is 1. The summed E-state index contributed by atoms with van der Waals surface area (Å²) in [6, 6.07) is 21.5. The van der Waals surface area contributed by atoms with Gasteiger partial charge in [-0.05, 0) is 73.4 Å². The third-order valence-electron chi connectivity index (χ3n) is 6.57. The summed E-state index contributed by atoms with van der Waals surface area (Å²) in [7, 11) is 0. The molecule has 3 aromatic rings. The summed E-state index contributed by atoms with van der Waals surface area (Å²) in [6.07, 6.45) is 1.39. The standard InChI is InChI=1S/C30H32N2O5/c1-4-17-37-25-15-11-23(12-16-25)30(36)31-20(2)18-28(26-7-5-6-8-27(26)31)32(21(3)33)24-13-9-22(10-14-24)19-29(34)35/h5-16,20,28H,4,17-19H2,1-3H3,(H,34,35). The van der Waals surface area contributed by atoms with Gasteiger partial charge in [0.15, 0.2) is 0 Å². The van der Waals surface area contributed by atoms with E-state index < -0.39 is 5.97 Å². The minimum Gasteiger partial charge on any atom is -0.494 e. The van der Waals surface area contributed by atoms with Crippen LogP contribution in [-0.4, -0.2) is 35.5 Å². The van der Waals surface area contributed by atoms with E-state index in [9.17, 15) is 14.4 Å². The van der Waals surface area contributed by atoms with Crippen molar-refractivity contribution < 1.29 is 24.2 Å². The fourth-order valence-corrected chi connectivity index (χ4v) is 4.92. The Hall–Kier alpha value is -4.13. The zero-order valence-electron chi connectivity index (χ0n) is 21.4. The number of ether oxygens (including phenoxy) is 1. The van der Waals surface area contributed by atoms with E-state index >= 15 is 0 Å². The maximum atomic E-state index is 13.7. The number of carboxylic acid groups (broad SMARTS) is 1. The normalized spacial score (nSPS) is 16.6. The van der Waals surface area contributed by atoms with E-state index in [0.29, 0.717) is 29.8 Å². The molecule has 0 saturated carbocycles. The van der Waals surface area contributed by atoms with Gasteiger partial charge < -0.3 is 19.6 Å². The average molecular weight is 501 g/mol. The third-order valence-corrected chi connectivity index (χ3v) is 6.57. The van der Waals surface area contributed by atoms with Crippen molar-refractivity contribution in [3.05, 3.63) is 89.5 Å². The number of amides is 2. The van der Waals surface area contributed by atoms with Crippen LogP contribution < -0.4 is 14.5 Å². The minimum atomic E-state index is -0.904. The molecule has 0 saturated heterocycles. The monoisotopic (exact) mass is 500 g/mol. The van der Waals surface area contributed by atoms with Crippen molar-refractivity contribution in [3.8, 4) is 5.75 Å². The summed E-state index contributed by atoms with van der Waals surface area (Å²) in [4.78, 5) is 41.2. The zero-order valence-corrected chi connectivity index (χ0v) is 21.4. The first-order chi connectivity index (χ1) is 17.8. The average Bonchev–Trinajstić information content (AvgIpc) is 2.88. The molecule has 1 aliphatic rings. The van der Waals surface area contributed by atoms with E-state index in [0.717, 1.165) is 23.4 Å². The molecule has 192 valence electrons. The summed E-state index contributed by atoms with van der Waals surface area (Å²) in [6.45, 7) is 6.19. The molecule has 0 fully saturated rings. The molecule has 2 amide bonds. The van der Waals surface area contributed by atoms with E-state index in [4.69, 9.17) is 9.84 Å². The maximum Gasteiger partial charge on any atom is 0.307 e. The van der Waals surface area contributed by atoms with Crippen LogP contribution in [-0.2, 0) is 16.0 Å². The Morgan fingerprint density at radius 1 is 1.00 bits per heavy atom. The molecule has 0 radical (unpaired) electrons. The predicted molar refractivity (Wildman–Crippen MR) is 143 cm³/mol. The van der Waals surface area contributed by atoms with Crippen molar-refractivity contribution >= 4 is 29.2 Å². The Morgan fingerprint density at radius 2 is 1.68 bits per heavy atom. The molecule has 37 heavy (non-hydrogen) atoms. The number of carbonyl (C=O) groups is 3. The molecule has 4 rings (SSSR count). The van der Waals surface area contributed by atoms with E-state index in [1.54, 1.807) is 41.3 Å². The number of rotatable bonds is 8. The molecule has 0 spiro atoms. The van der Waals surface area contributed by atoms with Crippen molar-refractivity contribution in [1.29, 1.82) is 0 Å². The van der Waals surface area contributed by atoms with Gasteiger partial charge in [-0.25, -0.2) is 0 Å². The molecule has 0 aromatic heterocycles. The number of aliphatic carboxylic acids is 1. The van der Waals surface area contributed by atoms with Crippen LogP contribution in [0.25, 0.3) is 0 Å². The Labute approximate surface area is 217 Å². The van der Waals surface area contributed by atoms with Crippen LogP contribution in [0.5, 0.6) is 5.75 Å². The van der Waals surface area contributed by atoms with Gasteiger partial charge in [0.05, 0.1) is 19.1 Å². The van der Waals surface area contributed by atoms with Gasteiger partial charge in [0.1, 0.15) is 5.75 Å². The van der Waals surface area contributed by atoms with E-state index in [1.807, 2.05) is 55.1 Å². The largest absolute Gasteiger partial charge is 0.494 e. The number of hydrogen-bond donors (Lipinski definition) is 1. The molecule has 0 aliphatic carbocycles. The molecule has 2 atom stereocenters. The molecule has 7 heteroatoms. The predicted octanol–water partition coefficient (Wildman–Crippen LogP) is 5.64. The van der Waals surface area contributed by atoms with Gasteiger partial charge in [-0.1, -0.05) is 37.3 Å². The van der Waals surface area contributed by atoms with Crippen LogP contribution in [0.2, 0.25) is 0 Å². The Bertz CT molecular complexity index is 1270. The molecule has 3 aromatic carbocycles. The van der Waals surface area contributed by atoms with Crippen molar-refractivity contribution in [2.45, 2.75) is 52.1 Å². The van der Waals surface area contributed by atoms with Crippen molar-refractivity contribution in [2.75, 3.05) is 16.4 Å². The van der Waals surface area contributed by atoms with Gasteiger partial charge >= 0.3 is 5.97 Å². The van der Waals surface area contributed by atoms with E-state index in [2.05, 4.69) is 0 Å². The molecule has 1 aliphatic heterocycles. The second-order valence-electron chi connectivity index (χ2n) is 9.33. The summed E-state index contributed by atoms with van der Waals surface area (Å²) < 4.78 is 5.65. The number of carbonyl (C=O) groups excluding carboxylic acids is 2. The highest BCUT2D eigenvalue weighted by Crippen LogP contribution is 2.42. The molecule has 2 unspecified atom stereocenters. The lowest BCUT2D eigenvalue weighted by Crippen LogP contribution is -2.47. The summed E-state index contributed by atoms with van der Waals surface area (Å²) >= 11 is 0. The van der Waals surface area contributed by atoms with Gasteiger partial charge in [0.2, 0.25) is 5.91 Å². The molecule has 1 heterocycles. The van der Waals surface area contributed by atoms with Gasteiger partial charge in [-0.15, -0.1) is 0 Å². The van der Waals surface area contributed by atoms with Crippen LogP contribution in [0, 0.1) is 0 Å². The van der Waals surface area contributed by atoms with Gasteiger partial charge in [-0.2, -0.15) is 0 Å². The lowest BCUT2D eigenvalue weighted by Gasteiger charge is -2.43. The van der Waals surface area contributed by atoms with Crippen LogP contribution in [0.15, 0.2) is 72.8 Å². The Morgan fingerprint density at radius 3 is 2.30 bits per heavy atom. The summed E-state index contributed by atoms with van der Waals surface area (Å²) in [5.41, 5.74) is 3.59. The quantitative estimate of drug-likeness (QED) is 0.433. The third kappa shape index (κ3) is 5.66. The first-order valence-electron chi connectivity index (χ1n) is 12.6. The highest BCUT2D eigenvalue weighted by molar-refractivity contribution is 6.07. The highest BCUT2D eigenvalue weighted by atomic mass is 16.5. The second-order valence-corrected chi connectivity index (χ2v) is 9.33. The van der Waals surface area contributed by atoms with Gasteiger partial charge in [-0.3, -0.25) is 14.4 Å². The first-order valence-corrected chi connectivity index (χ1v) is 12.6. The number of nitrogens with zero attached hydrogens (tertiary/aromatic N) is 2. The lowest BCUT2D eigenvalue weighted by molar-refractivity contribution is -0.136. The first kappa shape index (κ1) is 25.9. The molecular weight excluding hydrogens is 468 g/mol. The zero-order chi connectivity index (χ0) is 26.5.